The number of benzene rings is 1. The highest BCUT2D eigenvalue weighted by molar-refractivity contribution is 6.00. The van der Waals surface area contributed by atoms with Crippen LogP contribution in [0.15, 0.2) is 48.8 Å². The smallest absolute Gasteiger partial charge is 0.257 e. The van der Waals surface area contributed by atoms with Gasteiger partial charge in [0.1, 0.15) is 5.56 Å². The summed E-state index contributed by atoms with van der Waals surface area (Å²) in [4.78, 5) is 17.1. The zero-order valence-electron chi connectivity index (χ0n) is 14.4. The molecule has 130 valence electrons. The van der Waals surface area contributed by atoms with Gasteiger partial charge in [0.2, 0.25) is 0 Å². The summed E-state index contributed by atoms with van der Waals surface area (Å²) in [5.41, 5.74) is 2.36. The highest BCUT2D eigenvalue weighted by Crippen LogP contribution is 2.21. The van der Waals surface area contributed by atoms with E-state index in [0.29, 0.717) is 17.6 Å². The summed E-state index contributed by atoms with van der Waals surface area (Å²) in [5, 5.41) is 16.6. The minimum atomic E-state index is -0.461. The molecular weight excluding hydrogens is 316 g/mol. The molecule has 0 saturated carbocycles. The summed E-state index contributed by atoms with van der Waals surface area (Å²) < 4.78 is 1.68. The molecule has 6 heteroatoms. The van der Waals surface area contributed by atoms with Gasteiger partial charge in [-0.1, -0.05) is 37.3 Å². The summed E-state index contributed by atoms with van der Waals surface area (Å²) in [6.45, 7) is 3.93. The maximum Gasteiger partial charge on any atom is 0.257 e. The molecule has 0 fully saturated rings. The molecule has 0 saturated heterocycles. The molecular formula is C19H22N4O2. The molecule has 1 aromatic carbocycles. The van der Waals surface area contributed by atoms with E-state index >= 15 is 0 Å². The topological polar surface area (TPSA) is 79.5 Å². The van der Waals surface area contributed by atoms with Crippen LogP contribution in [0.25, 0.3) is 16.9 Å². The van der Waals surface area contributed by atoms with Gasteiger partial charge in [-0.05, 0) is 25.8 Å². The Hall–Kier alpha value is -2.73. The molecule has 0 aliphatic rings. The predicted octanol–water partition coefficient (Wildman–Crippen LogP) is 2.68. The first-order chi connectivity index (χ1) is 12.1. The minimum Gasteiger partial charge on any atom is -0.396 e. The first-order valence-corrected chi connectivity index (χ1v) is 8.39. The minimum absolute atomic E-state index is 0.0236. The molecule has 0 bridgehead atoms. The lowest BCUT2D eigenvalue weighted by molar-refractivity contribution is 0.0887. The van der Waals surface area contributed by atoms with Crippen LogP contribution in [0.2, 0.25) is 0 Å². The van der Waals surface area contributed by atoms with Crippen molar-refractivity contribution in [3.05, 3.63) is 54.4 Å². The third-order valence-corrected chi connectivity index (χ3v) is 4.57. The van der Waals surface area contributed by atoms with Crippen molar-refractivity contribution in [2.45, 2.75) is 32.2 Å². The van der Waals surface area contributed by atoms with Gasteiger partial charge >= 0.3 is 0 Å². The summed E-state index contributed by atoms with van der Waals surface area (Å²) >= 11 is 0. The van der Waals surface area contributed by atoms with Gasteiger partial charge in [0.05, 0.1) is 11.9 Å². The zero-order chi connectivity index (χ0) is 17.9. The van der Waals surface area contributed by atoms with Crippen LogP contribution in [0, 0.1) is 0 Å². The van der Waals surface area contributed by atoms with Gasteiger partial charge in [0.25, 0.3) is 5.91 Å². The fourth-order valence-electron chi connectivity index (χ4n) is 2.80. The second-order valence-corrected chi connectivity index (χ2v) is 6.33. The molecule has 2 aromatic heterocycles. The van der Waals surface area contributed by atoms with Gasteiger partial charge in [-0.15, -0.1) is 0 Å². The number of carbonyl (C=O) groups excluding carboxylic acids is 1. The molecule has 1 amide bonds. The molecule has 0 aliphatic carbocycles. The monoisotopic (exact) mass is 338 g/mol. The van der Waals surface area contributed by atoms with Crippen molar-refractivity contribution in [2.75, 3.05) is 6.61 Å². The molecule has 1 unspecified atom stereocenters. The third kappa shape index (κ3) is 3.39. The standard InChI is InChI=1S/C19H22N4O2/c1-3-19(2,10-12-24)22-18(25)15-13-21-23-16(9-11-20-17(15)23)14-7-5-4-6-8-14/h4-9,11,13,24H,3,10,12H2,1-2H3,(H,22,25). The number of hydrogen-bond acceptors (Lipinski definition) is 4. The van der Waals surface area contributed by atoms with Crippen molar-refractivity contribution in [2.24, 2.45) is 0 Å². The van der Waals surface area contributed by atoms with Crippen LogP contribution in [-0.2, 0) is 0 Å². The molecule has 2 heterocycles. The van der Waals surface area contributed by atoms with Crippen LogP contribution < -0.4 is 5.32 Å². The van der Waals surface area contributed by atoms with Gasteiger partial charge in [-0.25, -0.2) is 9.50 Å². The van der Waals surface area contributed by atoms with Crippen molar-refractivity contribution < 1.29 is 9.90 Å². The van der Waals surface area contributed by atoms with Gasteiger partial charge in [-0.3, -0.25) is 4.79 Å². The van der Waals surface area contributed by atoms with Crippen molar-refractivity contribution >= 4 is 11.6 Å². The van der Waals surface area contributed by atoms with Crippen molar-refractivity contribution in [1.82, 2.24) is 19.9 Å². The second-order valence-electron chi connectivity index (χ2n) is 6.33. The van der Waals surface area contributed by atoms with Crippen LogP contribution in [0.5, 0.6) is 0 Å². The Morgan fingerprint density at radius 2 is 2.04 bits per heavy atom. The normalized spacial score (nSPS) is 13.6. The first-order valence-electron chi connectivity index (χ1n) is 8.39. The Bertz CT molecular complexity index is 876. The molecule has 0 aliphatic heterocycles. The van der Waals surface area contributed by atoms with Gasteiger partial charge in [0, 0.05) is 23.9 Å². The van der Waals surface area contributed by atoms with E-state index in [9.17, 15) is 9.90 Å². The van der Waals surface area contributed by atoms with E-state index in [2.05, 4.69) is 15.4 Å². The van der Waals surface area contributed by atoms with Gasteiger partial charge in [-0.2, -0.15) is 5.10 Å². The number of fused-ring (bicyclic) bond motifs is 1. The van der Waals surface area contributed by atoms with Crippen LogP contribution in [0.3, 0.4) is 0 Å². The Balaban J connectivity index is 1.98. The van der Waals surface area contributed by atoms with Crippen molar-refractivity contribution in [3.63, 3.8) is 0 Å². The lowest BCUT2D eigenvalue weighted by Crippen LogP contribution is -2.46. The van der Waals surface area contributed by atoms with Crippen molar-refractivity contribution in [1.29, 1.82) is 0 Å². The number of aliphatic hydroxyl groups excluding tert-OH is 1. The number of hydrogen-bond donors (Lipinski definition) is 2. The summed E-state index contributed by atoms with van der Waals surface area (Å²) in [5.74, 6) is -0.231. The van der Waals surface area contributed by atoms with E-state index in [0.717, 1.165) is 17.7 Å². The molecule has 0 radical (unpaired) electrons. The number of amides is 1. The van der Waals surface area contributed by atoms with E-state index in [1.165, 1.54) is 0 Å². The molecule has 3 aromatic rings. The molecule has 0 spiro atoms. The van der Waals surface area contributed by atoms with Crippen molar-refractivity contribution in [3.8, 4) is 11.3 Å². The van der Waals surface area contributed by atoms with Crippen LogP contribution in [0.1, 0.15) is 37.0 Å². The SMILES string of the molecule is CCC(C)(CCO)NC(=O)c1cnn2c(-c3ccccc3)ccnc12. The Kier molecular flexibility index (Phi) is 4.81. The molecule has 6 nitrogen and oxygen atoms in total. The Morgan fingerprint density at radius 1 is 1.28 bits per heavy atom. The molecule has 1 atom stereocenters. The van der Waals surface area contributed by atoms with E-state index in [1.54, 1.807) is 16.9 Å². The fourth-order valence-corrected chi connectivity index (χ4v) is 2.80. The Labute approximate surface area is 146 Å². The number of nitrogens with zero attached hydrogens (tertiary/aromatic N) is 3. The van der Waals surface area contributed by atoms with E-state index in [1.807, 2.05) is 50.2 Å². The number of aromatic nitrogens is 3. The van der Waals surface area contributed by atoms with E-state index in [-0.39, 0.29) is 12.5 Å². The van der Waals surface area contributed by atoms with Crippen LogP contribution in [-0.4, -0.2) is 37.8 Å². The second kappa shape index (κ2) is 7.03. The molecule has 2 N–H and O–H groups in total. The number of aliphatic hydroxyl groups is 1. The molecule has 25 heavy (non-hydrogen) atoms. The number of carbonyl (C=O) groups is 1. The average molecular weight is 338 g/mol. The maximum atomic E-state index is 12.7. The third-order valence-electron chi connectivity index (χ3n) is 4.57. The summed E-state index contributed by atoms with van der Waals surface area (Å²) in [7, 11) is 0. The van der Waals surface area contributed by atoms with Gasteiger partial charge in [0.15, 0.2) is 5.65 Å². The zero-order valence-corrected chi connectivity index (χ0v) is 14.4. The van der Waals surface area contributed by atoms with Gasteiger partial charge < -0.3 is 10.4 Å². The highest BCUT2D eigenvalue weighted by Gasteiger charge is 2.26. The lowest BCUT2D eigenvalue weighted by atomic mass is 9.94. The quantitative estimate of drug-likeness (QED) is 0.724. The highest BCUT2D eigenvalue weighted by atomic mass is 16.3. The predicted molar refractivity (Wildman–Crippen MR) is 96.3 cm³/mol. The number of rotatable bonds is 6. The largest absolute Gasteiger partial charge is 0.396 e. The Morgan fingerprint density at radius 3 is 2.72 bits per heavy atom. The summed E-state index contributed by atoms with van der Waals surface area (Å²) in [6, 6.07) is 11.7. The summed E-state index contributed by atoms with van der Waals surface area (Å²) in [6.07, 6.45) is 4.44. The van der Waals surface area contributed by atoms with E-state index in [4.69, 9.17) is 0 Å². The average Bonchev–Trinajstić information content (AvgIpc) is 3.07. The molecule has 3 rings (SSSR count). The first kappa shape index (κ1) is 17.1. The maximum absolute atomic E-state index is 12.7. The lowest BCUT2D eigenvalue weighted by Gasteiger charge is -2.28. The number of nitrogens with one attached hydrogen (secondary N) is 1. The fraction of sp³-hybridized carbons (Fsp3) is 0.316. The van der Waals surface area contributed by atoms with Crippen LogP contribution in [0.4, 0.5) is 0 Å². The van der Waals surface area contributed by atoms with E-state index < -0.39 is 5.54 Å². The van der Waals surface area contributed by atoms with Crippen LogP contribution >= 0.6 is 0 Å².